The second kappa shape index (κ2) is 2.98. The minimum Gasteiger partial charge on any atom is -0.302 e. The molecule has 0 aromatic heterocycles. The van der Waals surface area contributed by atoms with E-state index in [1.165, 1.54) is 0 Å². The van der Waals surface area contributed by atoms with Crippen LogP contribution in [0.5, 0.6) is 0 Å². The first-order valence-corrected chi connectivity index (χ1v) is 4.25. The highest BCUT2D eigenvalue weighted by Gasteiger charge is 2.18. The molecule has 0 saturated carbocycles. The average molecular weight is 169 g/mol. The third kappa shape index (κ3) is 8.07. The number of hydrogen-bond donors (Lipinski definition) is 3. The van der Waals surface area contributed by atoms with Crippen molar-refractivity contribution in [3.05, 3.63) is 0 Å². The molecule has 0 atom stereocenters. The summed E-state index contributed by atoms with van der Waals surface area (Å²) in [6.07, 6.45) is 0. The molecule has 3 N–H and O–H groups in total. The average Bonchev–Trinajstić information content (AvgIpc) is 1.57. The van der Waals surface area contributed by atoms with Crippen LogP contribution in [0, 0.1) is 0 Å². The monoisotopic (exact) mass is 169 g/mol. The smallest absolute Gasteiger partial charge is 0.302 e. The van der Waals surface area contributed by atoms with Crippen molar-refractivity contribution < 1.29 is 19.0 Å². The van der Waals surface area contributed by atoms with Gasteiger partial charge in [-0.15, -0.1) is 0 Å². The van der Waals surface area contributed by atoms with E-state index < -0.39 is 13.4 Å². The van der Waals surface area contributed by atoms with E-state index in [9.17, 15) is 4.57 Å². The van der Waals surface area contributed by atoms with Crippen LogP contribution in [-0.2, 0) is 9.19 Å². The Balaban J connectivity index is 3.67. The van der Waals surface area contributed by atoms with Gasteiger partial charge in [0.15, 0.2) is 0 Å². The van der Waals surface area contributed by atoms with E-state index >= 15 is 0 Å². The second-order valence-electron chi connectivity index (χ2n) is 2.93. The van der Waals surface area contributed by atoms with Crippen LogP contribution in [0.15, 0.2) is 0 Å². The predicted molar refractivity (Wildman–Crippen MR) is 36.0 cm³/mol. The molecule has 0 aromatic rings. The van der Waals surface area contributed by atoms with Gasteiger partial charge in [0.05, 0.1) is 0 Å². The molecule has 0 aliphatic heterocycles. The lowest BCUT2D eigenvalue weighted by Gasteiger charge is -2.19. The molecule has 0 bridgehead atoms. The first-order chi connectivity index (χ1) is 4.21. The lowest BCUT2D eigenvalue weighted by Crippen LogP contribution is -2.34. The van der Waals surface area contributed by atoms with Gasteiger partial charge in [-0.1, -0.05) is 0 Å². The maximum absolute atomic E-state index is 10.1. The zero-order chi connectivity index (χ0) is 8.41. The van der Waals surface area contributed by atoms with Gasteiger partial charge in [0.25, 0.3) is 0 Å². The van der Waals surface area contributed by atoms with E-state index in [1.54, 1.807) is 20.8 Å². The Labute approximate surface area is 59.6 Å². The largest absolute Gasteiger partial charge is 0.486 e. The Hall–Kier alpha value is 0.0700. The zero-order valence-electron chi connectivity index (χ0n) is 6.16. The summed E-state index contributed by atoms with van der Waals surface area (Å²) in [5.41, 5.74) is 1.74. The summed E-state index contributed by atoms with van der Waals surface area (Å²) in [7, 11) is -4.37. The van der Waals surface area contributed by atoms with E-state index in [1.807, 2.05) is 0 Å². The standard InChI is InChI=1S/C4H12NO4P/c1-4(2,3)5-9-10(6,7)8/h5H,1-3H3,(H2,6,7,8). The van der Waals surface area contributed by atoms with E-state index in [-0.39, 0.29) is 0 Å². The molecule has 0 spiro atoms. The summed E-state index contributed by atoms with van der Waals surface area (Å²) in [6, 6.07) is 0. The summed E-state index contributed by atoms with van der Waals surface area (Å²) >= 11 is 0. The van der Waals surface area contributed by atoms with Crippen molar-refractivity contribution in [3.63, 3.8) is 0 Å². The molecule has 0 radical (unpaired) electrons. The van der Waals surface area contributed by atoms with Crippen molar-refractivity contribution >= 4 is 7.82 Å². The highest BCUT2D eigenvalue weighted by atomic mass is 31.2. The van der Waals surface area contributed by atoms with Gasteiger partial charge in [0.1, 0.15) is 0 Å². The fourth-order valence-corrected chi connectivity index (χ4v) is 0.589. The highest BCUT2D eigenvalue weighted by Crippen LogP contribution is 2.34. The van der Waals surface area contributed by atoms with Gasteiger partial charge in [-0.05, 0) is 20.8 Å². The Kier molecular flexibility index (Phi) is 3.00. The fourth-order valence-electron chi connectivity index (χ4n) is 0.196. The van der Waals surface area contributed by atoms with Crippen LogP contribution in [0.4, 0.5) is 0 Å². The third-order valence-corrected chi connectivity index (χ3v) is 0.800. The number of phosphoric acid groups is 1. The molecule has 10 heavy (non-hydrogen) atoms. The molecule has 0 amide bonds. The quantitative estimate of drug-likeness (QED) is 0.412. The fraction of sp³-hybridized carbons (Fsp3) is 1.00. The van der Waals surface area contributed by atoms with Gasteiger partial charge in [-0.25, -0.2) is 4.57 Å². The predicted octanol–water partition coefficient (Wildman–Crippen LogP) is 0.399. The summed E-state index contributed by atoms with van der Waals surface area (Å²) in [4.78, 5) is 16.4. The molecule has 0 saturated heterocycles. The first kappa shape index (κ1) is 10.1. The summed E-state index contributed by atoms with van der Waals surface area (Å²) in [5.74, 6) is 0. The Morgan fingerprint density at radius 2 is 1.80 bits per heavy atom. The van der Waals surface area contributed by atoms with E-state index in [2.05, 4.69) is 10.1 Å². The molecule has 0 aliphatic carbocycles. The molecular formula is C4H12NO4P. The van der Waals surface area contributed by atoms with Gasteiger partial charge in [0.2, 0.25) is 0 Å². The Morgan fingerprint density at radius 1 is 1.40 bits per heavy atom. The third-order valence-electron chi connectivity index (χ3n) is 0.471. The van der Waals surface area contributed by atoms with Crippen LogP contribution in [0.3, 0.4) is 0 Å². The summed E-state index contributed by atoms with van der Waals surface area (Å²) in [5, 5.41) is 0. The normalized spacial score (nSPS) is 13.7. The second-order valence-corrected chi connectivity index (χ2v) is 4.10. The maximum Gasteiger partial charge on any atom is 0.486 e. The molecule has 0 aliphatic rings. The number of hydroxylamine groups is 1. The van der Waals surface area contributed by atoms with Crippen molar-refractivity contribution in [1.29, 1.82) is 0 Å². The Bertz CT molecular complexity index is 146. The first-order valence-electron chi connectivity index (χ1n) is 2.72. The van der Waals surface area contributed by atoms with Gasteiger partial charge in [0, 0.05) is 5.54 Å². The SMILES string of the molecule is CC(C)(C)NOP(=O)(O)O. The summed E-state index contributed by atoms with van der Waals surface area (Å²) in [6.45, 7) is 5.17. The lowest BCUT2D eigenvalue weighted by atomic mass is 10.1. The molecule has 0 heterocycles. The van der Waals surface area contributed by atoms with Crippen LogP contribution < -0.4 is 5.48 Å². The zero-order valence-corrected chi connectivity index (χ0v) is 7.05. The summed E-state index contributed by atoms with van der Waals surface area (Å²) < 4.78 is 14.1. The molecule has 5 nitrogen and oxygen atoms in total. The van der Waals surface area contributed by atoms with Gasteiger partial charge >= 0.3 is 7.82 Å². The molecule has 0 aromatic carbocycles. The topological polar surface area (TPSA) is 78.8 Å². The maximum atomic E-state index is 10.1. The van der Waals surface area contributed by atoms with Crippen molar-refractivity contribution in [2.24, 2.45) is 0 Å². The Morgan fingerprint density at radius 3 is 1.90 bits per heavy atom. The van der Waals surface area contributed by atoms with E-state index in [4.69, 9.17) is 9.79 Å². The van der Waals surface area contributed by atoms with Crippen LogP contribution in [-0.4, -0.2) is 15.3 Å². The van der Waals surface area contributed by atoms with E-state index in [0.29, 0.717) is 0 Å². The molecule has 0 rings (SSSR count). The number of hydrogen-bond acceptors (Lipinski definition) is 3. The van der Waals surface area contributed by atoms with Crippen molar-refractivity contribution in [1.82, 2.24) is 5.48 Å². The van der Waals surface area contributed by atoms with Gasteiger partial charge in [-0.2, -0.15) is 10.1 Å². The molecular weight excluding hydrogens is 157 g/mol. The van der Waals surface area contributed by atoms with Crippen LogP contribution in [0.2, 0.25) is 0 Å². The van der Waals surface area contributed by atoms with Crippen molar-refractivity contribution in [3.8, 4) is 0 Å². The number of rotatable bonds is 2. The van der Waals surface area contributed by atoms with Crippen molar-refractivity contribution in [2.45, 2.75) is 26.3 Å². The number of nitrogens with one attached hydrogen (secondary N) is 1. The highest BCUT2D eigenvalue weighted by molar-refractivity contribution is 7.46. The van der Waals surface area contributed by atoms with Crippen LogP contribution >= 0.6 is 7.82 Å². The van der Waals surface area contributed by atoms with Gasteiger partial charge < -0.3 is 9.79 Å². The van der Waals surface area contributed by atoms with E-state index in [0.717, 1.165) is 0 Å². The minimum atomic E-state index is -4.37. The van der Waals surface area contributed by atoms with Crippen LogP contribution in [0.25, 0.3) is 0 Å². The molecule has 6 heteroatoms. The van der Waals surface area contributed by atoms with Gasteiger partial charge in [-0.3, -0.25) is 0 Å². The van der Waals surface area contributed by atoms with Crippen LogP contribution in [0.1, 0.15) is 20.8 Å². The molecule has 62 valence electrons. The molecule has 0 unspecified atom stereocenters. The lowest BCUT2D eigenvalue weighted by molar-refractivity contribution is 0.0739. The minimum absolute atomic E-state index is 0.457. The molecule has 0 fully saturated rings. The van der Waals surface area contributed by atoms with Crippen molar-refractivity contribution in [2.75, 3.05) is 0 Å².